The lowest BCUT2D eigenvalue weighted by Crippen LogP contribution is -2.38. The molecule has 0 saturated heterocycles. The average Bonchev–Trinajstić information content (AvgIpc) is 3.90. The zero-order chi connectivity index (χ0) is 32.7. The van der Waals surface area contributed by atoms with Crippen LogP contribution in [0, 0.1) is 5.82 Å². The van der Waals surface area contributed by atoms with E-state index in [1.165, 1.54) is 23.5 Å². The summed E-state index contributed by atoms with van der Waals surface area (Å²) in [5.41, 5.74) is 7.37. The van der Waals surface area contributed by atoms with E-state index in [0.717, 1.165) is 59.5 Å². The van der Waals surface area contributed by atoms with Crippen LogP contribution in [0.3, 0.4) is 0 Å². The van der Waals surface area contributed by atoms with E-state index in [9.17, 15) is 8.60 Å². The molecule has 48 heavy (non-hydrogen) atoms. The van der Waals surface area contributed by atoms with Crippen molar-refractivity contribution in [3.63, 3.8) is 0 Å². The summed E-state index contributed by atoms with van der Waals surface area (Å²) in [6.45, 7) is 0. The third-order valence-electron chi connectivity index (χ3n) is 8.68. The maximum absolute atomic E-state index is 14.2. The van der Waals surface area contributed by atoms with Gasteiger partial charge >= 0.3 is 0 Å². The van der Waals surface area contributed by atoms with Crippen LogP contribution < -0.4 is 0 Å². The van der Waals surface area contributed by atoms with E-state index in [4.69, 9.17) is 5.10 Å². The Hall–Kier alpha value is -5.44. The van der Waals surface area contributed by atoms with Gasteiger partial charge in [0.2, 0.25) is 0 Å². The summed E-state index contributed by atoms with van der Waals surface area (Å²) >= 11 is 1.50. The SMILES string of the molecule is CS(=O)c1ccc(-c2cnc3ccc(-c4cn(C(c5ccccc5)(c5ccccc5)c5ccccc5)nc4-c4ccc(F)cc4)cn23)s1. The number of halogens is 1. The smallest absolute Gasteiger partial charge is 0.138 e. The van der Waals surface area contributed by atoms with Crippen molar-refractivity contribution in [2.24, 2.45) is 0 Å². The standard InChI is InChI=1S/C40H29FN4OS2/c1-48(46)38-24-22-36(47-38)35-25-42-37-23-19-29(26-44(35)37)34-27-45(43-39(34)28-17-20-33(41)21-18-28)40(30-11-5-2-6-12-30,31-13-7-3-8-14-31)32-15-9-4-10-16-32/h2-27H,1H3. The Kier molecular flexibility index (Phi) is 7.67. The van der Waals surface area contributed by atoms with Gasteiger partial charge in [-0.15, -0.1) is 11.3 Å². The lowest BCUT2D eigenvalue weighted by Gasteiger charge is -2.36. The van der Waals surface area contributed by atoms with E-state index < -0.39 is 16.3 Å². The van der Waals surface area contributed by atoms with Crippen LogP contribution in [0.1, 0.15) is 16.7 Å². The highest BCUT2D eigenvalue weighted by Crippen LogP contribution is 2.43. The summed E-state index contributed by atoms with van der Waals surface area (Å²) in [5.74, 6) is -0.306. The highest BCUT2D eigenvalue weighted by Gasteiger charge is 2.40. The van der Waals surface area contributed by atoms with E-state index in [2.05, 4.69) is 105 Å². The van der Waals surface area contributed by atoms with Crippen molar-refractivity contribution in [1.29, 1.82) is 0 Å². The van der Waals surface area contributed by atoms with Crippen LogP contribution in [0.25, 0.3) is 38.6 Å². The molecule has 4 aromatic heterocycles. The largest absolute Gasteiger partial charge is 0.298 e. The molecule has 8 heteroatoms. The highest BCUT2D eigenvalue weighted by molar-refractivity contribution is 7.86. The minimum atomic E-state index is -1.07. The van der Waals surface area contributed by atoms with Crippen LogP contribution in [0.2, 0.25) is 0 Å². The van der Waals surface area contributed by atoms with Gasteiger partial charge in [0.05, 0.1) is 31.8 Å². The molecule has 0 aliphatic heterocycles. The van der Waals surface area contributed by atoms with Crippen molar-refractivity contribution < 1.29 is 8.60 Å². The van der Waals surface area contributed by atoms with Crippen molar-refractivity contribution >= 4 is 27.8 Å². The number of hydrogen-bond donors (Lipinski definition) is 0. The minimum absolute atomic E-state index is 0.306. The number of nitrogens with zero attached hydrogens (tertiary/aromatic N) is 4. The number of fused-ring (bicyclic) bond motifs is 1. The third kappa shape index (κ3) is 5.10. The molecule has 0 bridgehead atoms. The summed E-state index contributed by atoms with van der Waals surface area (Å²) < 4.78 is 31.3. The van der Waals surface area contributed by atoms with Crippen LogP contribution >= 0.6 is 11.3 Å². The molecule has 1 atom stereocenters. The number of aromatic nitrogens is 4. The first-order valence-corrected chi connectivity index (χ1v) is 17.8. The van der Waals surface area contributed by atoms with Crippen LogP contribution in [0.5, 0.6) is 0 Å². The van der Waals surface area contributed by atoms with Crippen molar-refractivity contribution in [3.05, 3.63) is 181 Å². The second-order valence-electron chi connectivity index (χ2n) is 11.5. The maximum atomic E-state index is 14.2. The molecule has 8 aromatic rings. The lowest BCUT2D eigenvalue weighted by atomic mass is 9.77. The Balaban J connectivity index is 1.41. The lowest BCUT2D eigenvalue weighted by molar-refractivity contribution is 0.461. The molecule has 0 saturated carbocycles. The van der Waals surface area contributed by atoms with Crippen LogP contribution in [-0.2, 0) is 16.3 Å². The predicted molar refractivity (Wildman–Crippen MR) is 192 cm³/mol. The van der Waals surface area contributed by atoms with Crippen molar-refractivity contribution in [1.82, 2.24) is 19.2 Å². The van der Waals surface area contributed by atoms with E-state index in [1.54, 1.807) is 18.4 Å². The topological polar surface area (TPSA) is 52.2 Å². The average molecular weight is 665 g/mol. The van der Waals surface area contributed by atoms with Crippen molar-refractivity contribution in [3.8, 4) is 33.0 Å². The summed E-state index contributed by atoms with van der Waals surface area (Å²) in [7, 11) is -1.07. The van der Waals surface area contributed by atoms with Gasteiger partial charge in [-0.2, -0.15) is 5.10 Å². The van der Waals surface area contributed by atoms with Crippen molar-refractivity contribution in [2.75, 3.05) is 6.26 Å². The van der Waals surface area contributed by atoms with E-state index >= 15 is 0 Å². The van der Waals surface area contributed by atoms with Gasteiger partial charge < -0.3 is 0 Å². The molecular formula is C40H29FN4OS2. The fraction of sp³-hybridized carbons (Fsp3) is 0.0500. The van der Waals surface area contributed by atoms with Gasteiger partial charge in [-0.05, 0) is 65.2 Å². The fourth-order valence-electron chi connectivity index (χ4n) is 6.45. The number of benzene rings is 4. The second-order valence-corrected chi connectivity index (χ2v) is 14.2. The molecule has 0 fully saturated rings. The molecule has 4 aromatic carbocycles. The molecule has 1 unspecified atom stereocenters. The number of hydrogen-bond acceptors (Lipinski definition) is 4. The fourth-order valence-corrected chi connectivity index (χ4v) is 8.19. The van der Waals surface area contributed by atoms with Gasteiger partial charge in [0, 0.05) is 35.3 Å². The number of pyridine rings is 1. The molecule has 5 nitrogen and oxygen atoms in total. The molecule has 0 spiro atoms. The minimum Gasteiger partial charge on any atom is -0.298 e. The summed E-state index contributed by atoms with van der Waals surface area (Å²) in [5, 5.41) is 5.40. The third-order valence-corrected chi connectivity index (χ3v) is 11.2. The van der Waals surface area contributed by atoms with Gasteiger partial charge in [-0.25, -0.2) is 9.37 Å². The molecular weight excluding hydrogens is 636 g/mol. The van der Waals surface area contributed by atoms with Crippen LogP contribution in [0.4, 0.5) is 4.39 Å². The molecule has 4 heterocycles. The predicted octanol–water partition coefficient (Wildman–Crippen LogP) is 9.31. The van der Waals surface area contributed by atoms with Gasteiger partial charge in [0.25, 0.3) is 0 Å². The van der Waals surface area contributed by atoms with E-state index in [1.807, 2.05) is 42.6 Å². The van der Waals surface area contributed by atoms with Gasteiger partial charge in [-0.1, -0.05) is 91.0 Å². The Bertz CT molecular complexity index is 2280. The Morgan fingerprint density at radius 3 is 1.83 bits per heavy atom. The first-order chi connectivity index (χ1) is 23.5. The van der Waals surface area contributed by atoms with E-state index in [0.29, 0.717) is 0 Å². The van der Waals surface area contributed by atoms with Crippen LogP contribution in [-0.4, -0.2) is 29.6 Å². The second kappa shape index (κ2) is 12.3. The first kappa shape index (κ1) is 29.9. The monoisotopic (exact) mass is 664 g/mol. The highest BCUT2D eigenvalue weighted by atomic mass is 32.2. The number of imidazole rings is 1. The first-order valence-electron chi connectivity index (χ1n) is 15.5. The van der Waals surface area contributed by atoms with Gasteiger partial charge in [0.15, 0.2) is 0 Å². The molecule has 234 valence electrons. The Morgan fingerprint density at radius 1 is 0.688 bits per heavy atom. The molecule has 8 rings (SSSR count). The summed E-state index contributed by atoms with van der Waals surface area (Å²) in [4.78, 5) is 5.65. The zero-order valence-corrected chi connectivity index (χ0v) is 27.5. The summed E-state index contributed by atoms with van der Waals surface area (Å²) in [6.07, 6.45) is 7.72. The van der Waals surface area contributed by atoms with Crippen molar-refractivity contribution in [2.45, 2.75) is 9.75 Å². The molecule has 0 radical (unpaired) electrons. The number of thiophene rings is 1. The normalized spacial score (nSPS) is 12.4. The van der Waals surface area contributed by atoms with E-state index in [-0.39, 0.29) is 5.82 Å². The Labute approximate surface area is 284 Å². The molecule has 0 amide bonds. The zero-order valence-electron chi connectivity index (χ0n) is 25.9. The Morgan fingerprint density at radius 2 is 1.27 bits per heavy atom. The maximum Gasteiger partial charge on any atom is 0.138 e. The number of rotatable bonds is 8. The summed E-state index contributed by atoms with van der Waals surface area (Å²) in [6, 6.07) is 45.7. The van der Waals surface area contributed by atoms with Gasteiger partial charge in [0.1, 0.15) is 22.7 Å². The molecule has 0 N–H and O–H groups in total. The molecule has 0 aliphatic rings. The molecule has 0 aliphatic carbocycles. The quantitative estimate of drug-likeness (QED) is 0.152. The van der Waals surface area contributed by atoms with Gasteiger partial charge in [-0.3, -0.25) is 13.3 Å². The van der Waals surface area contributed by atoms with Crippen LogP contribution in [0.15, 0.2) is 162 Å².